The maximum absolute atomic E-state index is 13.0. The molecule has 3 rings (SSSR count). The van der Waals surface area contributed by atoms with E-state index in [4.69, 9.17) is 25.8 Å². The lowest BCUT2D eigenvalue weighted by molar-refractivity contribution is -0.149. The molecule has 1 atom stereocenters. The molecule has 1 unspecified atom stereocenters. The van der Waals surface area contributed by atoms with Crippen LogP contribution in [0.4, 0.5) is 4.79 Å². The minimum atomic E-state index is -0.978. The van der Waals surface area contributed by atoms with Crippen molar-refractivity contribution in [3.05, 3.63) is 59.1 Å². The fourth-order valence-electron chi connectivity index (χ4n) is 4.25. The van der Waals surface area contributed by atoms with E-state index in [0.29, 0.717) is 48.7 Å². The molecule has 0 heterocycles. The Balaban J connectivity index is 1.56. The quantitative estimate of drug-likeness (QED) is 0.392. The van der Waals surface area contributed by atoms with Crippen LogP contribution in [0.2, 0.25) is 5.02 Å². The lowest BCUT2D eigenvalue weighted by atomic mass is 9.89. The van der Waals surface area contributed by atoms with Gasteiger partial charge in [0.1, 0.15) is 12.4 Å². The van der Waals surface area contributed by atoms with Crippen molar-refractivity contribution in [1.82, 2.24) is 4.90 Å². The molecule has 190 valence electrons. The van der Waals surface area contributed by atoms with E-state index >= 15 is 0 Å². The lowest BCUT2D eigenvalue weighted by Gasteiger charge is -2.29. The minimum absolute atomic E-state index is 0.284. The fraction of sp³-hybridized carbons (Fsp3) is 0.481. The molecule has 0 bridgehead atoms. The van der Waals surface area contributed by atoms with Crippen molar-refractivity contribution in [3.63, 3.8) is 0 Å². The van der Waals surface area contributed by atoms with E-state index in [2.05, 4.69) is 0 Å². The summed E-state index contributed by atoms with van der Waals surface area (Å²) in [5.74, 6) is 0.466. The van der Waals surface area contributed by atoms with Crippen LogP contribution in [-0.4, -0.2) is 54.5 Å². The Labute approximate surface area is 211 Å². The summed E-state index contributed by atoms with van der Waals surface area (Å²) >= 11 is 6.17. The summed E-state index contributed by atoms with van der Waals surface area (Å²) < 4.78 is 16.7. The van der Waals surface area contributed by atoms with Gasteiger partial charge in [0.2, 0.25) is 0 Å². The number of carboxylic acids is 1. The van der Waals surface area contributed by atoms with Crippen LogP contribution in [0.15, 0.2) is 48.5 Å². The van der Waals surface area contributed by atoms with Crippen molar-refractivity contribution in [1.29, 1.82) is 0 Å². The zero-order chi connectivity index (χ0) is 25.0. The average Bonchev–Trinajstić information content (AvgIpc) is 2.86. The molecule has 2 aromatic carbocycles. The number of ether oxygens (including phenoxy) is 3. The summed E-state index contributed by atoms with van der Waals surface area (Å²) in [5, 5.41) is 9.65. The summed E-state index contributed by atoms with van der Waals surface area (Å²) in [6, 6.07) is 14.2. The third-order valence-corrected chi connectivity index (χ3v) is 6.43. The van der Waals surface area contributed by atoms with E-state index in [-0.39, 0.29) is 6.42 Å². The number of carbonyl (C=O) groups excluding carboxylic acids is 1. The van der Waals surface area contributed by atoms with Crippen LogP contribution in [-0.2, 0) is 16.0 Å². The van der Waals surface area contributed by atoms with Crippen molar-refractivity contribution in [2.45, 2.75) is 51.6 Å². The summed E-state index contributed by atoms with van der Waals surface area (Å²) in [6.07, 6.45) is 4.82. The lowest BCUT2D eigenvalue weighted by Crippen LogP contribution is -2.40. The Hall–Kier alpha value is -2.77. The topological polar surface area (TPSA) is 85.3 Å². The molecule has 2 aromatic rings. The van der Waals surface area contributed by atoms with Gasteiger partial charge in [0.05, 0.1) is 11.6 Å². The van der Waals surface area contributed by atoms with Gasteiger partial charge in [0.25, 0.3) is 0 Å². The zero-order valence-electron chi connectivity index (χ0n) is 20.2. The summed E-state index contributed by atoms with van der Waals surface area (Å²) in [6.45, 7) is 3.43. The van der Waals surface area contributed by atoms with Gasteiger partial charge in [-0.05, 0) is 55.5 Å². The summed E-state index contributed by atoms with van der Waals surface area (Å²) in [7, 11) is 0. The molecule has 1 saturated carbocycles. The van der Waals surface area contributed by atoms with E-state index in [0.717, 1.165) is 18.4 Å². The molecule has 1 aliphatic rings. The standard InChI is InChI=1S/C27H34ClNO6/c1-2-33-25(26(30)31)18-20-12-14-22(15-13-20)34-17-16-29(19-21-8-4-3-5-9-21)27(32)35-24-11-7-6-10-23(24)28/h6-7,10-15,21,25H,2-5,8-9,16-19H2,1H3,(H,30,31). The minimum Gasteiger partial charge on any atom is -0.492 e. The Morgan fingerprint density at radius 3 is 2.46 bits per heavy atom. The van der Waals surface area contributed by atoms with Crippen LogP contribution < -0.4 is 9.47 Å². The first-order valence-corrected chi connectivity index (χ1v) is 12.6. The molecule has 1 amide bonds. The maximum atomic E-state index is 13.0. The smallest absolute Gasteiger partial charge is 0.415 e. The number of carbonyl (C=O) groups is 2. The molecule has 0 saturated heterocycles. The highest BCUT2D eigenvalue weighted by atomic mass is 35.5. The van der Waals surface area contributed by atoms with Crippen LogP contribution in [0.25, 0.3) is 0 Å². The van der Waals surface area contributed by atoms with E-state index < -0.39 is 18.2 Å². The van der Waals surface area contributed by atoms with Crippen molar-refractivity contribution in [3.8, 4) is 11.5 Å². The molecule has 1 aliphatic carbocycles. The number of rotatable bonds is 12. The Morgan fingerprint density at radius 1 is 1.09 bits per heavy atom. The molecule has 1 N–H and O–H groups in total. The summed E-state index contributed by atoms with van der Waals surface area (Å²) in [5.41, 5.74) is 0.848. The first-order chi connectivity index (χ1) is 17.0. The first kappa shape index (κ1) is 26.8. The van der Waals surface area contributed by atoms with Crippen LogP contribution >= 0.6 is 11.6 Å². The van der Waals surface area contributed by atoms with Gasteiger partial charge >= 0.3 is 12.1 Å². The number of amides is 1. The van der Waals surface area contributed by atoms with Crippen LogP contribution in [0.5, 0.6) is 11.5 Å². The Kier molecular flexibility index (Phi) is 10.7. The molecule has 0 radical (unpaired) electrons. The highest BCUT2D eigenvalue weighted by molar-refractivity contribution is 6.32. The molecule has 0 aromatic heterocycles. The number of halogens is 1. The van der Waals surface area contributed by atoms with E-state index in [1.54, 1.807) is 48.2 Å². The third kappa shape index (κ3) is 8.75. The number of hydrogen-bond acceptors (Lipinski definition) is 5. The molecule has 35 heavy (non-hydrogen) atoms. The number of aliphatic carboxylic acids is 1. The molecule has 0 spiro atoms. The van der Waals surface area contributed by atoms with Gasteiger partial charge in [0, 0.05) is 19.6 Å². The Morgan fingerprint density at radius 2 is 1.80 bits per heavy atom. The largest absolute Gasteiger partial charge is 0.492 e. The van der Waals surface area contributed by atoms with Gasteiger partial charge in [-0.25, -0.2) is 9.59 Å². The van der Waals surface area contributed by atoms with Gasteiger partial charge in [0.15, 0.2) is 11.9 Å². The normalized spacial score (nSPS) is 14.8. The van der Waals surface area contributed by atoms with E-state index in [9.17, 15) is 14.7 Å². The van der Waals surface area contributed by atoms with Gasteiger partial charge in [-0.2, -0.15) is 0 Å². The molecule has 7 nitrogen and oxygen atoms in total. The third-order valence-electron chi connectivity index (χ3n) is 6.11. The number of benzene rings is 2. The second kappa shape index (κ2) is 14.0. The molecule has 1 fully saturated rings. The predicted molar refractivity (Wildman–Crippen MR) is 134 cm³/mol. The predicted octanol–water partition coefficient (Wildman–Crippen LogP) is 5.83. The zero-order valence-corrected chi connectivity index (χ0v) is 20.9. The molecular formula is C27H34ClNO6. The molecule has 8 heteroatoms. The number of para-hydroxylation sites is 1. The van der Waals surface area contributed by atoms with Crippen molar-refractivity contribution in [2.24, 2.45) is 5.92 Å². The van der Waals surface area contributed by atoms with Gasteiger partial charge in [-0.3, -0.25) is 0 Å². The maximum Gasteiger partial charge on any atom is 0.415 e. The number of carboxylic acid groups (broad SMARTS) is 1. The van der Waals surface area contributed by atoms with Crippen molar-refractivity contribution >= 4 is 23.7 Å². The van der Waals surface area contributed by atoms with Gasteiger partial charge in [-0.1, -0.05) is 55.1 Å². The highest BCUT2D eigenvalue weighted by Gasteiger charge is 2.23. The van der Waals surface area contributed by atoms with Gasteiger partial charge in [-0.15, -0.1) is 0 Å². The first-order valence-electron chi connectivity index (χ1n) is 12.2. The molecule has 0 aliphatic heterocycles. The highest BCUT2D eigenvalue weighted by Crippen LogP contribution is 2.27. The van der Waals surface area contributed by atoms with E-state index in [1.165, 1.54) is 19.3 Å². The van der Waals surface area contributed by atoms with Crippen molar-refractivity contribution < 1.29 is 28.9 Å². The Bertz CT molecular complexity index is 945. The second-order valence-electron chi connectivity index (χ2n) is 8.73. The monoisotopic (exact) mass is 503 g/mol. The molecular weight excluding hydrogens is 470 g/mol. The fourth-order valence-corrected chi connectivity index (χ4v) is 4.43. The van der Waals surface area contributed by atoms with Gasteiger partial charge < -0.3 is 24.2 Å². The average molecular weight is 504 g/mol. The van der Waals surface area contributed by atoms with Crippen LogP contribution in [0, 0.1) is 5.92 Å². The second-order valence-corrected chi connectivity index (χ2v) is 9.13. The summed E-state index contributed by atoms with van der Waals surface area (Å²) in [4.78, 5) is 26.0. The van der Waals surface area contributed by atoms with E-state index in [1.807, 2.05) is 12.1 Å². The number of nitrogens with zero attached hydrogens (tertiary/aromatic N) is 1. The van der Waals surface area contributed by atoms with Crippen molar-refractivity contribution in [2.75, 3.05) is 26.3 Å². The van der Waals surface area contributed by atoms with Crippen LogP contribution in [0.3, 0.4) is 0 Å². The number of hydrogen-bond donors (Lipinski definition) is 1. The van der Waals surface area contributed by atoms with Crippen LogP contribution in [0.1, 0.15) is 44.6 Å². The SMILES string of the molecule is CCOC(Cc1ccc(OCCN(CC2CCCCC2)C(=O)Oc2ccccc2Cl)cc1)C(=O)O.